The highest BCUT2D eigenvalue weighted by Crippen LogP contribution is 2.21. The van der Waals surface area contributed by atoms with Crippen LogP contribution in [-0.4, -0.2) is 28.5 Å². The van der Waals surface area contributed by atoms with Crippen LogP contribution in [0, 0.1) is 6.92 Å². The number of hydrogen-bond donors (Lipinski definition) is 0. The number of fused-ring (bicyclic) bond motifs is 1. The van der Waals surface area contributed by atoms with Gasteiger partial charge in [-0.25, -0.2) is 0 Å². The third-order valence-corrected chi connectivity index (χ3v) is 5.09. The molecule has 1 aromatic heterocycles. The van der Waals surface area contributed by atoms with Gasteiger partial charge in [0.2, 0.25) is 5.91 Å². The van der Waals surface area contributed by atoms with E-state index < -0.39 is 0 Å². The van der Waals surface area contributed by atoms with Gasteiger partial charge in [0.05, 0.1) is 5.52 Å². The molecule has 0 N–H and O–H groups in total. The minimum Gasteiger partial charge on any atom is -0.341 e. The molecule has 1 aliphatic rings. The van der Waals surface area contributed by atoms with Crippen LogP contribution in [0.5, 0.6) is 0 Å². The number of amides is 1. The number of carbonyl (C=O) groups is 1. The molecular formula is C22H22N2O2. The lowest BCUT2D eigenvalue weighted by molar-refractivity contribution is -0.130. The van der Waals surface area contributed by atoms with Crippen LogP contribution in [-0.2, 0) is 11.3 Å². The second-order valence-electron chi connectivity index (χ2n) is 6.97. The molecule has 2 aromatic carbocycles. The SMILES string of the molecule is Cc1ccc2c(=O)c(-c3ccccc3)cn(CC(=O)N3CCCC3)c2c1. The van der Waals surface area contributed by atoms with E-state index in [0.717, 1.165) is 42.6 Å². The fraction of sp³-hybridized carbons (Fsp3) is 0.273. The first-order valence-corrected chi connectivity index (χ1v) is 9.10. The Morgan fingerprint density at radius 3 is 2.50 bits per heavy atom. The fourth-order valence-corrected chi connectivity index (χ4v) is 3.67. The molecule has 1 amide bonds. The molecule has 0 saturated carbocycles. The largest absolute Gasteiger partial charge is 0.341 e. The van der Waals surface area contributed by atoms with E-state index in [0.29, 0.717) is 10.9 Å². The molecule has 1 fully saturated rings. The summed E-state index contributed by atoms with van der Waals surface area (Å²) in [6, 6.07) is 15.5. The van der Waals surface area contributed by atoms with Crippen LogP contribution in [0.1, 0.15) is 18.4 Å². The third kappa shape index (κ3) is 3.03. The average molecular weight is 346 g/mol. The maximum Gasteiger partial charge on any atom is 0.242 e. The lowest BCUT2D eigenvalue weighted by Crippen LogP contribution is -2.31. The van der Waals surface area contributed by atoms with E-state index in [1.165, 1.54) is 0 Å². The molecule has 3 aromatic rings. The van der Waals surface area contributed by atoms with E-state index in [1.54, 1.807) is 0 Å². The first-order valence-electron chi connectivity index (χ1n) is 9.10. The Morgan fingerprint density at radius 1 is 1.04 bits per heavy atom. The number of nitrogens with zero attached hydrogens (tertiary/aromatic N) is 2. The summed E-state index contributed by atoms with van der Waals surface area (Å²) in [5, 5.41) is 0.658. The van der Waals surface area contributed by atoms with Crippen molar-refractivity contribution in [2.75, 3.05) is 13.1 Å². The summed E-state index contributed by atoms with van der Waals surface area (Å²) in [6.45, 7) is 3.94. The molecule has 4 heteroatoms. The standard InChI is InChI=1S/C22H22N2O2/c1-16-9-10-18-20(13-16)24(15-21(25)23-11-5-6-12-23)14-19(22(18)26)17-7-3-2-4-8-17/h2-4,7-10,13-14H,5-6,11-12,15H2,1H3. The first-order chi connectivity index (χ1) is 12.6. The third-order valence-electron chi connectivity index (χ3n) is 5.09. The van der Waals surface area contributed by atoms with E-state index in [1.807, 2.05) is 71.1 Å². The van der Waals surface area contributed by atoms with Crippen LogP contribution in [0.25, 0.3) is 22.0 Å². The Hall–Kier alpha value is -2.88. The number of hydrogen-bond acceptors (Lipinski definition) is 2. The van der Waals surface area contributed by atoms with Gasteiger partial charge in [-0.2, -0.15) is 0 Å². The van der Waals surface area contributed by atoms with Crippen LogP contribution < -0.4 is 5.43 Å². The summed E-state index contributed by atoms with van der Waals surface area (Å²) in [7, 11) is 0. The van der Waals surface area contributed by atoms with Gasteiger partial charge in [0.15, 0.2) is 5.43 Å². The number of pyridine rings is 1. The molecule has 0 spiro atoms. The van der Waals surface area contributed by atoms with Crippen LogP contribution >= 0.6 is 0 Å². The number of aryl methyl sites for hydroxylation is 1. The fourth-order valence-electron chi connectivity index (χ4n) is 3.67. The van der Waals surface area contributed by atoms with Gasteiger partial charge in [-0.1, -0.05) is 36.4 Å². The van der Waals surface area contributed by atoms with Crippen molar-refractivity contribution in [2.45, 2.75) is 26.3 Å². The predicted octanol–water partition coefficient (Wildman–Crippen LogP) is 3.60. The van der Waals surface area contributed by atoms with Gasteiger partial charge in [-0.05, 0) is 43.0 Å². The summed E-state index contributed by atoms with van der Waals surface area (Å²) in [6.07, 6.45) is 3.99. The maximum absolute atomic E-state index is 13.0. The molecule has 26 heavy (non-hydrogen) atoms. The van der Waals surface area contributed by atoms with Crippen LogP contribution in [0.4, 0.5) is 0 Å². The minimum atomic E-state index is 0.0103. The first kappa shape index (κ1) is 16.6. The molecule has 0 aliphatic carbocycles. The quantitative estimate of drug-likeness (QED) is 0.727. The number of likely N-dealkylation sites (tertiary alicyclic amines) is 1. The zero-order valence-electron chi connectivity index (χ0n) is 14.9. The van der Waals surface area contributed by atoms with Crippen molar-refractivity contribution in [3.05, 3.63) is 70.5 Å². The molecule has 1 aliphatic heterocycles. The summed E-state index contributed by atoms with van der Waals surface area (Å²) in [4.78, 5) is 27.6. The van der Waals surface area contributed by atoms with E-state index in [2.05, 4.69) is 0 Å². The van der Waals surface area contributed by atoms with E-state index >= 15 is 0 Å². The Balaban J connectivity index is 1.86. The van der Waals surface area contributed by atoms with Gasteiger partial charge in [0, 0.05) is 30.2 Å². The lowest BCUT2D eigenvalue weighted by Gasteiger charge is -2.19. The summed E-state index contributed by atoms with van der Waals surface area (Å²) in [5.74, 6) is 0.118. The van der Waals surface area contributed by atoms with Gasteiger partial charge in [-0.3, -0.25) is 9.59 Å². The highest BCUT2D eigenvalue weighted by molar-refractivity contribution is 5.86. The van der Waals surface area contributed by atoms with Crippen molar-refractivity contribution in [2.24, 2.45) is 0 Å². The summed E-state index contributed by atoms with van der Waals surface area (Å²) in [5.41, 5.74) is 3.42. The van der Waals surface area contributed by atoms with E-state index in [9.17, 15) is 9.59 Å². The molecule has 132 valence electrons. The Kier molecular flexibility index (Phi) is 4.33. The van der Waals surface area contributed by atoms with Crippen molar-refractivity contribution in [3.63, 3.8) is 0 Å². The second-order valence-corrected chi connectivity index (χ2v) is 6.97. The molecule has 0 atom stereocenters. The van der Waals surface area contributed by atoms with Crippen molar-refractivity contribution in [1.29, 1.82) is 0 Å². The number of aromatic nitrogens is 1. The molecule has 4 nitrogen and oxygen atoms in total. The maximum atomic E-state index is 13.0. The minimum absolute atomic E-state index is 0.0103. The number of carbonyl (C=O) groups excluding carboxylic acids is 1. The van der Waals surface area contributed by atoms with Gasteiger partial charge in [0.25, 0.3) is 0 Å². The Labute approximate surface area is 152 Å². The summed E-state index contributed by atoms with van der Waals surface area (Å²) < 4.78 is 1.94. The van der Waals surface area contributed by atoms with Crippen molar-refractivity contribution in [1.82, 2.24) is 9.47 Å². The zero-order valence-corrected chi connectivity index (χ0v) is 14.9. The number of benzene rings is 2. The van der Waals surface area contributed by atoms with Crippen LogP contribution in [0.3, 0.4) is 0 Å². The van der Waals surface area contributed by atoms with Gasteiger partial charge in [-0.15, -0.1) is 0 Å². The molecule has 4 rings (SSSR count). The monoisotopic (exact) mass is 346 g/mol. The molecular weight excluding hydrogens is 324 g/mol. The van der Waals surface area contributed by atoms with Crippen molar-refractivity contribution >= 4 is 16.8 Å². The van der Waals surface area contributed by atoms with E-state index in [4.69, 9.17) is 0 Å². The van der Waals surface area contributed by atoms with Crippen molar-refractivity contribution < 1.29 is 4.79 Å². The number of rotatable bonds is 3. The lowest BCUT2D eigenvalue weighted by atomic mass is 10.0. The van der Waals surface area contributed by atoms with E-state index in [-0.39, 0.29) is 17.9 Å². The summed E-state index contributed by atoms with van der Waals surface area (Å²) >= 11 is 0. The van der Waals surface area contributed by atoms with Gasteiger partial charge >= 0.3 is 0 Å². The smallest absolute Gasteiger partial charge is 0.242 e. The molecule has 0 unspecified atom stereocenters. The van der Waals surface area contributed by atoms with Crippen LogP contribution in [0.2, 0.25) is 0 Å². The Morgan fingerprint density at radius 2 is 1.77 bits per heavy atom. The Bertz CT molecular complexity index is 1020. The van der Waals surface area contributed by atoms with Crippen LogP contribution in [0.15, 0.2) is 59.5 Å². The molecule has 2 heterocycles. The second kappa shape index (κ2) is 6.79. The van der Waals surface area contributed by atoms with Gasteiger partial charge < -0.3 is 9.47 Å². The molecule has 0 bridgehead atoms. The van der Waals surface area contributed by atoms with Gasteiger partial charge in [0.1, 0.15) is 6.54 Å². The topological polar surface area (TPSA) is 42.3 Å². The highest BCUT2D eigenvalue weighted by Gasteiger charge is 2.19. The molecule has 0 radical (unpaired) electrons. The average Bonchev–Trinajstić information content (AvgIpc) is 3.19. The predicted molar refractivity (Wildman–Crippen MR) is 104 cm³/mol. The zero-order chi connectivity index (χ0) is 18.1. The molecule has 1 saturated heterocycles. The highest BCUT2D eigenvalue weighted by atomic mass is 16.2. The van der Waals surface area contributed by atoms with Crippen molar-refractivity contribution in [3.8, 4) is 11.1 Å². The normalized spacial score (nSPS) is 14.1.